The van der Waals surface area contributed by atoms with E-state index >= 15 is 0 Å². The molecule has 37 heavy (non-hydrogen) atoms. The molecule has 0 unspecified atom stereocenters. The fourth-order valence-electron chi connectivity index (χ4n) is 3.12. The SMILES string of the molecule is C=C(C)C(=O)Nc1cc(Nc2ncc(Cl)c(NCCCNC(=O)c3ccc(N(C)C)cc3)n2)ccc1F. The molecule has 4 N–H and O–H groups in total. The Kier molecular flexibility index (Phi) is 9.39. The summed E-state index contributed by atoms with van der Waals surface area (Å²) >= 11 is 6.22. The zero-order chi connectivity index (χ0) is 26.9. The first-order valence-electron chi connectivity index (χ1n) is 11.5. The summed E-state index contributed by atoms with van der Waals surface area (Å²) in [5.41, 5.74) is 2.34. The Morgan fingerprint density at radius 3 is 2.51 bits per heavy atom. The Morgan fingerprint density at radius 1 is 1.11 bits per heavy atom. The van der Waals surface area contributed by atoms with Gasteiger partial charge >= 0.3 is 0 Å². The van der Waals surface area contributed by atoms with Gasteiger partial charge in [0.25, 0.3) is 11.8 Å². The number of hydrogen-bond acceptors (Lipinski definition) is 7. The standard InChI is InChI=1S/C26H29ClFN7O2/c1-16(2)24(36)33-22-14-18(8-11-21(22)28)32-26-31-15-20(27)23(34-26)29-12-5-13-30-25(37)17-6-9-19(10-7-17)35(3)4/h6-11,14-15H,1,5,12-13H2,2-4H3,(H,30,37)(H,33,36)(H2,29,31,32,34). The van der Waals surface area contributed by atoms with Crippen LogP contribution in [0.2, 0.25) is 5.02 Å². The Hall–Kier alpha value is -4.18. The van der Waals surface area contributed by atoms with E-state index in [1.807, 2.05) is 31.1 Å². The van der Waals surface area contributed by atoms with E-state index in [1.54, 1.807) is 12.1 Å². The number of nitrogens with one attached hydrogen (secondary N) is 4. The minimum atomic E-state index is -0.586. The molecule has 0 saturated heterocycles. The minimum Gasteiger partial charge on any atom is -0.378 e. The van der Waals surface area contributed by atoms with Crippen molar-refractivity contribution in [2.75, 3.05) is 48.0 Å². The number of amides is 2. The second kappa shape index (κ2) is 12.7. The van der Waals surface area contributed by atoms with Gasteiger partial charge in [-0.05, 0) is 55.8 Å². The van der Waals surface area contributed by atoms with Gasteiger partial charge in [0.15, 0.2) is 0 Å². The lowest BCUT2D eigenvalue weighted by atomic mass is 10.2. The third kappa shape index (κ3) is 7.91. The third-order valence-electron chi connectivity index (χ3n) is 5.18. The first-order chi connectivity index (χ1) is 17.6. The summed E-state index contributed by atoms with van der Waals surface area (Å²) < 4.78 is 14.1. The van der Waals surface area contributed by atoms with Crippen molar-refractivity contribution in [2.45, 2.75) is 13.3 Å². The Bertz CT molecular complexity index is 1280. The van der Waals surface area contributed by atoms with E-state index in [4.69, 9.17) is 11.6 Å². The van der Waals surface area contributed by atoms with Crippen molar-refractivity contribution in [3.8, 4) is 0 Å². The highest BCUT2D eigenvalue weighted by atomic mass is 35.5. The van der Waals surface area contributed by atoms with E-state index in [2.05, 4.69) is 37.8 Å². The van der Waals surface area contributed by atoms with E-state index in [1.165, 1.54) is 31.3 Å². The molecule has 2 aromatic carbocycles. The van der Waals surface area contributed by atoms with Gasteiger partial charge in [-0.15, -0.1) is 0 Å². The van der Waals surface area contributed by atoms with Crippen molar-refractivity contribution < 1.29 is 14.0 Å². The molecule has 1 aromatic heterocycles. The molecule has 3 rings (SSSR count). The van der Waals surface area contributed by atoms with Crippen LogP contribution in [0.3, 0.4) is 0 Å². The highest BCUT2D eigenvalue weighted by Crippen LogP contribution is 2.24. The first-order valence-corrected chi connectivity index (χ1v) is 11.9. The largest absolute Gasteiger partial charge is 0.378 e. The van der Waals surface area contributed by atoms with Crippen molar-refractivity contribution >= 4 is 52.2 Å². The van der Waals surface area contributed by atoms with Crippen molar-refractivity contribution in [2.24, 2.45) is 0 Å². The average Bonchev–Trinajstić information content (AvgIpc) is 2.87. The summed E-state index contributed by atoms with van der Waals surface area (Å²) in [5, 5.41) is 11.8. The molecular weight excluding hydrogens is 497 g/mol. The van der Waals surface area contributed by atoms with Gasteiger partial charge in [-0.25, -0.2) is 9.37 Å². The molecule has 0 aliphatic heterocycles. The summed E-state index contributed by atoms with van der Waals surface area (Å²) in [6, 6.07) is 11.5. The second-order valence-corrected chi connectivity index (χ2v) is 8.83. The number of aromatic nitrogens is 2. The maximum atomic E-state index is 14.1. The molecule has 1 heterocycles. The molecular formula is C26H29ClFN7O2. The maximum Gasteiger partial charge on any atom is 0.251 e. The minimum absolute atomic E-state index is 0.000928. The molecule has 0 spiro atoms. The summed E-state index contributed by atoms with van der Waals surface area (Å²) in [7, 11) is 3.88. The Balaban J connectivity index is 1.52. The Morgan fingerprint density at radius 2 is 1.84 bits per heavy atom. The topological polar surface area (TPSA) is 111 Å². The lowest BCUT2D eigenvalue weighted by Gasteiger charge is -2.13. The van der Waals surface area contributed by atoms with Crippen LogP contribution in [-0.4, -0.2) is 49.0 Å². The van der Waals surface area contributed by atoms with Crippen LogP contribution in [0.1, 0.15) is 23.7 Å². The van der Waals surface area contributed by atoms with Gasteiger partial charge in [-0.1, -0.05) is 18.2 Å². The molecule has 0 radical (unpaired) electrons. The third-order valence-corrected chi connectivity index (χ3v) is 5.46. The van der Waals surface area contributed by atoms with Crippen molar-refractivity contribution in [3.05, 3.63) is 77.2 Å². The van der Waals surface area contributed by atoms with Crippen LogP contribution in [0.15, 0.2) is 60.8 Å². The molecule has 0 aliphatic carbocycles. The lowest BCUT2D eigenvalue weighted by molar-refractivity contribution is -0.112. The zero-order valence-corrected chi connectivity index (χ0v) is 21.6. The van der Waals surface area contributed by atoms with E-state index in [0.29, 0.717) is 41.6 Å². The van der Waals surface area contributed by atoms with Gasteiger partial charge in [0.05, 0.1) is 11.9 Å². The monoisotopic (exact) mass is 525 g/mol. The van der Waals surface area contributed by atoms with Gasteiger partial charge in [0.1, 0.15) is 16.7 Å². The summed E-state index contributed by atoms with van der Waals surface area (Å²) in [6.07, 6.45) is 2.07. The van der Waals surface area contributed by atoms with Crippen LogP contribution in [0, 0.1) is 5.82 Å². The quantitative estimate of drug-likeness (QED) is 0.210. The average molecular weight is 526 g/mol. The van der Waals surface area contributed by atoms with E-state index < -0.39 is 11.7 Å². The van der Waals surface area contributed by atoms with Crippen LogP contribution in [0.5, 0.6) is 0 Å². The molecule has 0 fully saturated rings. The fourth-order valence-corrected chi connectivity index (χ4v) is 3.28. The van der Waals surface area contributed by atoms with Gasteiger partial charge in [-0.2, -0.15) is 4.98 Å². The van der Waals surface area contributed by atoms with Crippen molar-refractivity contribution in [3.63, 3.8) is 0 Å². The van der Waals surface area contributed by atoms with Crippen LogP contribution in [0.25, 0.3) is 0 Å². The van der Waals surface area contributed by atoms with Crippen molar-refractivity contribution in [1.82, 2.24) is 15.3 Å². The van der Waals surface area contributed by atoms with Crippen LogP contribution in [-0.2, 0) is 4.79 Å². The van der Waals surface area contributed by atoms with Crippen LogP contribution < -0.4 is 26.2 Å². The number of carbonyl (C=O) groups is 2. The smallest absolute Gasteiger partial charge is 0.251 e. The lowest BCUT2D eigenvalue weighted by Crippen LogP contribution is -2.26. The molecule has 9 nitrogen and oxygen atoms in total. The molecule has 11 heteroatoms. The number of hydrogen-bond donors (Lipinski definition) is 4. The summed E-state index contributed by atoms with van der Waals surface area (Å²) in [6.45, 7) is 6.04. The highest BCUT2D eigenvalue weighted by Gasteiger charge is 2.11. The predicted octanol–water partition coefficient (Wildman–Crippen LogP) is 4.83. The molecule has 2 amide bonds. The number of rotatable bonds is 11. The number of anilines is 5. The van der Waals surface area contributed by atoms with Gasteiger partial charge < -0.3 is 26.2 Å². The van der Waals surface area contributed by atoms with Crippen molar-refractivity contribution in [1.29, 1.82) is 0 Å². The summed E-state index contributed by atoms with van der Waals surface area (Å²) in [5.74, 6) is -0.580. The van der Waals surface area contributed by atoms with Gasteiger partial charge in [0, 0.05) is 49.7 Å². The molecule has 0 aliphatic rings. The van der Waals surface area contributed by atoms with Gasteiger partial charge in [0.2, 0.25) is 5.95 Å². The molecule has 3 aromatic rings. The van der Waals surface area contributed by atoms with E-state index in [-0.39, 0.29) is 23.1 Å². The molecule has 0 bridgehead atoms. The maximum absolute atomic E-state index is 14.1. The number of nitrogens with zero attached hydrogens (tertiary/aromatic N) is 3. The molecule has 194 valence electrons. The highest BCUT2D eigenvalue weighted by molar-refractivity contribution is 6.32. The zero-order valence-electron chi connectivity index (χ0n) is 20.9. The normalized spacial score (nSPS) is 10.4. The van der Waals surface area contributed by atoms with E-state index in [9.17, 15) is 14.0 Å². The van der Waals surface area contributed by atoms with Crippen LogP contribution in [0.4, 0.5) is 33.2 Å². The number of benzene rings is 2. The number of halogens is 2. The summed E-state index contributed by atoms with van der Waals surface area (Å²) in [4.78, 5) is 34.6. The fraction of sp³-hybridized carbons (Fsp3) is 0.231. The molecule has 0 atom stereocenters. The number of carbonyl (C=O) groups excluding carboxylic acids is 2. The van der Waals surface area contributed by atoms with Gasteiger partial charge in [-0.3, -0.25) is 9.59 Å². The van der Waals surface area contributed by atoms with E-state index in [0.717, 1.165) is 5.69 Å². The van der Waals surface area contributed by atoms with Crippen LogP contribution >= 0.6 is 11.6 Å². The second-order valence-electron chi connectivity index (χ2n) is 8.42. The molecule has 0 saturated carbocycles. The predicted molar refractivity (Wildman–Crippen MR) is 146 cm³/mol. The Labute approximate surface area is 220 Å². The first kappa shape index (κ1) is 27.4.